The summed E-state index contributed by atoms with van der Waals surface area (Å²) in [5, 5.41) is 2.90. The highest BCUT2D eigenvalue weighted by atomic mass is 32.1. The smallest absolute Gasteiger partial charge is 0.305 e. The first-order valence-corrected chi connectivity index (χ1v) is 8.62. The van der Waals surface area contributed by atoms with Gasteiger partial charge in [0.15, 0.2) is 0 Å². The molecule has 120 valence electrons. The molecule has 0 amide bonds. The molecule has 3 heterocycles. The van der Waals surface area contributed by atoms with Gasteiger partial charge in [-0.2, -0.15) is 0 Å². The molecule has 6 heteroatoms. The Hall–Kier alpha value is -2.73. The van der Waals surface area contributed by atoms with Crippen LogP contribution in [0.5, 0.6) is 0 Å². The number of pyridine rings is 1. The maximum Gasteiger partial charge on any atom is 0.326 e. The van der Waals surface area contributed by atoms with E-state index in [2.05, 4.69) is 9.97 Å². The Morgan fingerprint density at radius 1 is 1.21 bits per heavy atom. The number of nitrogens with one attached hydrogen (secondary N) is 1. The highest BCUT2D eigenvalue weighted by Gasteiger charge is 2.15. The van der Waals surface area contributed by atoms with Crippen molar-refractivity contribution in [1.29, 1.82) is 0 Å². The molecular formula is C18H16N4OS. The number of aromatic nitrogens is 4. The van der Waals surface area contributed by atoms with Crippen molar-refractivity contribution < 1.29 is 0 Å². The van der Waals surface area contributed by atoms with Crippen LogP contribution in [0.2, 0.25) is 0 Å². The molecule has 0 saturated heterocycles. The van der Waals surface area contributed by atoms with E-state index < -0.39 is 0 Å². The second kappa shape index (κ2) is 5.72. The van der Waals surface area contributed by atoms with E-state index in [1.165, 1.54) is 0 Å². The average molecular weight is 336 g/mol. The number of imidazole rings is 1. The normalized spacial score (nSPS) is 11.5. The summed E-state index contributed by atoms with van der Waals surface area (Å²) in [5.41, 5.74) is 4.49. The summed E-state index contributed by atoms with van der Waals surface area (Å²) in [4.78, 5) is 24.1. The third-order valence-corrected chi connectivity index (χ3v) is 4.84. The molecule has 24 heavy (non-hydrogen) atoms. The van der Waals surface area contributed by atoms with E-state index in [1.807, 2.05) is 49.6 Å². The Labute approximate surface area is 142 Å². The van der Waals surface area contributed by atoms with Crippen LogP contribution in [-0.4, -0.2) is 19.5 Å². The van der Waals surface area contributed by atoms with Crippen molar-refractivity contribution in [2.75, 3.05) is 0 Å². The lowest BCUT2D eigenvalue weighted by Gasteiger charge is -2.07. The number of benzene rings is 1. The molecule has 0 aliphatic rings. The van der Waals surface area contributed by atoms with E-state index in [4.69, 9.17) is 4.98 Å². The van der Waals surface area contributed by atoms with Gasteiger partial charge in [-0.1, -0.05) is 6.07 Å². The summed E-state index contributed by atoms with van der Waals surface area (Å²) < 4.78 is 1.77. The summed E-state index contributed by atoms with van der Waals surface area (Å²) in [5.74, 6) is 0. The second-order valence-electron chi connectivity index (χ2n) is 5.87. The lowest BCUT2D eigenvalue weighted by Crippen LogP contribution is -2.18. The first kappa shape index (κ1) is 14.8. The number of para-hydroxylation sites is 1. The van der Waals surface area contributed by atoms with Crippen LogP contribution in [0.4, 0.5) is 0 Å². The van der Waals surface area contributed by atoms with Crippen molar-refractivity contribution >= 4 is 22.4 Å². The SMILES string of the molecule is CC(C)n1c(=O)[nH]c2c(-c3nc(-c4cccnc4)cs3)cccc21. The van der Waals surface area contributed by atoms with Crippen LogP contribution in [0.25, 0.3) is 32.9 Å². The van der Waals surface area contributed by atoms with Gasteiger partial charge < -0.3 is 4.98 Å². The monoisotopic (exact) mass is 336 g/mol. The summed E-state index contributed by atoms with van der Waals surface area (Å²) in [6, 6.07) is 9.92. The summed E-state index contributed by atoms with van der Waals surface area (Å²) in [6.07, 6.45) is 3.55. The van der Waals surface area contributed by atoms with E-state index in [9.17, 15) is 4.79 Å². The number of thiazole rings is 1. The van der Waals surface area contributed by atoms with Gasteiger partial charge in [0.25, 0.3) is 0 Å². The highest BCUT2D eigenvalue weighted by Crippen LogP contribution is 2.32. The van der Waals surface area contributed by atoms with Crippen LogP contribution in [0.1, 0.15) is 19.9 Å². The summed E-state index contributed by atoms with van der Waals surface area (Å²) in [6.45, 7) is 4.01. The molecule has 0 radical (unpaired) electrons. The van der Waals surface area contributed by atoms with Crippen molar-refractivity contribution in [3.8, 4) is 21.8 Å². The molecule has 1 N–H and O–H groups in total. The minimum absolute atomic E-state index is 0.0866. The number of nitrogens with zero attached hydrogens (tertiary/aromatic N) is 3. The zero-order valence-electron chi connectivity index (χ0n) is 13.4. The van der Waals surface area contributed by atoms with E-state index in [-0.39, 0.29) is 11.7 Å². The van der Waals surface area contributed by atoms with Gasteiger partial charge in [-0.15, -0.1) is 11.3 Å². The Morgan fingerprint density at radius 3 is 2.83 bits per heavy atom. The lowest BCUT2D eigenvalue weighted by molar-refractivity contribution is 0.598. The van der Waals surface area contributed by atoms with E-state index in [0.29, 0.717) is 0 Å². The lowest BCUT2D eigenvalue weighted by atomic mass is 10.2. The topological polar surface area (TPSA) is 63.6 Å². The molecule has 1 aromatic carbocycles. The Balaban J connectivity index is 1.88. The van der Waals surface area contributed by atoms with Crippen LogP contribution >= 0.6 is 11.3 Å². The van der Waals surface area contributed by atoms with Gasteiger partial charge >= 0.3 is 5.69 Å². The molecule has 0 spiro atoms. The Morgan fingerprint density at radius 2 is 2.08 bits per heavy atom. The Bertz CT molecular complexity index is 1060. The average Bonchev–Trinajstić information content (AvgIpc) is 3.19. The second-order valence-corrected chi connectivity index (χ2v) is 6.73. The molecule has 0 unspecified atom stereocenters. The third-order valence-electron chi connectivity index (χ3n) is 3.96. The zero-order valence-corrected chi connectivity index (χ0v) is 14.2. The molecule has 3 aromatic heterocycles. The van der Waals surface area contributed by atoms with Gasteiger partial charge in [-0.3, -0.25) is 9.55 Å². The van der Waals surface area contributed by atoms with Crippen LogP contribution in [0, 0.1) is 0 Å². The maximum absolute atomic E-state index is 12.3. The van der Waals surface area contributed by atoms with E-state index >= 15 is 0 Å². The third kappa shape index (κ3) is 2.35. The molecule has 0 saturated carbocycles. The fraction of sp³-hybridized carbons (Fsp3) is 0.167. The summed E-state index contributed by atoms with van der Waals surface area (Å²) in [7, 11) is 0. The van der Waals surface area contributed by atoms with Crippen LogP contribution in [-0.2, 0) is 0 Å². The standard InChI is InChI=1S/C18H16N4OS/c1-11(2)22-15-7-3-6-13(16(15)21-18(22)23)17-20-14(10-24-17)12-5-4-8-19-9-12/h3-11H,1-2H3,(H,21,23). The molecular weight excluding hydrogens is 320 g/mol. The van der Waals surface area contributed by atoms with Gasteiger partial charge in [0.2, 0.25) is 0 Å². The number of rotatable bonds is 3. The van der Waals surface area contributed by atoms with Crippen molar-refractivity contribution in [3.05, 3.63) is 58.6 Å². The maximum atomic E-state index is 12.3. The predicted octanol–water partition coefficient (Wildman–Crippen LogP) is 4.10. The van der Waals surface area contributed by atoms with Crippen molar-refractivity contribution in [1.82, 2.24) is 19.5 Å². The van der Waals surface area contributed by atoms with Crippen molar-refractivity contribution in [3.63, 3.8) is 0 Å². The largest absolute Gasteiger partial charge is 0.326 e. The number of H-pyrrole nitrogens is 1. The number of hydrogen-bond donors (Lipinski definition) is 1. The molecule has 0 aliphatic heterocycles. The number of aromatic amines is 1. The van der Waals surface area contributed by atoms with Crippen molar-refractivity contribution in [2.45, 2.75) is 19.9 Å². The van der Waals surface area contributed by atoms with E-state index in [0.717, 1.165) is 32.9 Å². The van der Waals surface area contributed by atoms with Gasteiger partial charge in [0, 0.05) is 34.9 Å². The molecule has 0 atom stereocenters. The summed E-state index contributed by atoms with van der Waals surface area (Å²) >= 11 is 1.57. The number of hydrogen-bond acceptors (Lipinski definition) is 4. The zero-order chi connectivity index (χ0) is 16.7. The van der Waals surface area contributed by atoms with Crippen molar-refractivity contribution in [2.24, 2.45) is 0 Å². The molecule has 4 rings (SSSR count). The molecule has 0 fully saturated rings. The highest BCUT2D eigenvalue weighted by molar-refractivity contribution is 7.13. The molecule has 4 aromatic rings. The van der Waals surface area contributed by atoms with Gasteiger partial charge in [0.05, 0.1) is 16.7 Å². The Kier molecular flexibility index (Phi) is 3.54. The number of fused-ring (bicyclic) bond motifs is 1. The van der Waals surface area contributed by atoms with Gasteiger partial charge in [0.1, 0.15) is 5.01 Å². The fourth-order valence-corrected chi connectivity index (χ4v) is 3.74. The van der Waals surface area contributed by atoms with Crippen LogP contribution in [0.15, 0.2) is 52.9 Å². The first-order valence-electron chi connectivity index (χ1n) is 7.74. The molecule has 0 bridgehead atoms. The van der Waals surface area contributed by atoms with Crippen LogP contribution in [0.3, 0.4) is 0 Å². The minimum Gasteiger partial charge on any atom is -0.305 e. The van der Waals surface area contributed by atoms with Gasteiger partial charge in [-0.25, -0.2) is 9.78 Å². The minimum atomic E-state index is -0.0866. The first-order chi connectivity index (χ1) is 11.6. The fourth-order valence-electron chi connectivity index (χ4n) is 2.88. The molecule has 5 nitrogen and oxygen atoms in total. The quantitative estimate of drug-likeness (QED) is 0.613. The van der Waals surface area contributed by atoms with E-state index in [1.54, 1.807) is 28.3 Å². The van der Waals surface area contributed by atoms with Gasteiger partial charge in [-0.05, 0) is 38.1 Å². The predicted molar refractivity (Wildman–Crippen MR) is 97.3 cm³/mol. The van der Waals surface area contributed by atoms with Crippen LogP contribution < -0.4 is 5.69 Å². The molecule has 0 aliphatic carbocycles.